The Balaban J connectivity index is 2.00. The average molecular weight is 310 g/mol. The van der Waals surface area contributed by atoms with Gasteiger partial charge >= 0.3 is 0 Å². The molecular weight excluding hydrogens is 293 g/mol. The normalized spacial score (nSPS) is 10.4. The lowest BCUT2D eigenvalue weighted by atomic mass is 10.1. The number of aromatic nitrogens is 1. The van der Waals surface area contributed by atoms with Gasteiger partial charge in [-0.15, -0.1) is 0 Å². The molecule has 1 aromatic carbocycles. The van der Waals surface area contributed by atoms with Gasteiger partial charge in [-0.05, 0) is 25.0 Å². The van der Waals surface area contributed by atoms with E-state index in [1.165, 1.54) is 11.1 Å². The molecule has 0 amide bonds. The number of nitrogens with zero attached hydrogens (tertiary/aromatic N) is 1. The van der Waals surface area contributed by atoms with E-state index in [0.717, 1.165) is 13.0 Å². The van der Waals surface area contributed by atoms with Gasteiger partial charge in [-0.3, -0.25) is 0 Å². The Labute approximate surface area is 129 Å². The largest absolute Gasteiger partial charge is 0.372 e. The lowest BCUT2D eigenvalue weighted by Gasteiger charge is -2.11. The zero-order valence-electron chi connectivity index (χ0n) is 11.5. The van der Waals surface area contributed by atoms with E-state index in [1.54, 1.807) is 13.1 Å². The number of hydrogen-bond acceptors (Lipinski definition) is 3. The molecule has 2 aromatic rings. The van der Waals surface area contributed by atoms with Crippen LogP contribution in [0.15, 0.2) is 30.3 Å². The molecule has 0 atom stereocenters. The van der Waals surface area contributed by atoms with Gasteiger partial charge in [-0.25, -0.2) is 4.98 Å². The number of aryl methyl sites for hydroxylation is 1. The quantitative estimate of drug-likeness (QED) is 0.860. The standard InChI is InChI=1S/C15H17Cl2N3/c1-10-4-3-5-11(8-10)6-7-19-15-13(17)9-12(16)14(18-2)20-15/h3-5,8-9H,6-7H2,1-2H3,(H2,18,19,20). The predicted molar refractivity (Wildman–Crippen MR) is 87.2 cm³/mol. The monoisotopic (exact) mass is 309 g/mol. The maximum absolute atomic E-state index is 6.13. The minimum Gasteiger partial charge on any atom is -0.372 e. The molecule has 1 heterocycles. The van der Waals surface area contributed by atoms with Crippen molar-refractivity contribution in [2.24, 2.45) is 0 Å². The summed E-state index contributed by atoms with van der Waals surface area (Å²) in [5.41, 5.74) is 2.55. The van der Waals surface area contributed by atoms with Crippen LogP contribution in [0.5, 0.6) is 0 Å². The van der Waals surface area contributed by atoms with Crippen LogP contribution in [-0.4, -0.2) is 18.6 Å². The molecule has 0 aliphatic heterocycles. The third-order valence-electron chi connectivity index (χ3n) is 2.95. The van der Waals surface area contributed by atoms with Crippen LogP contribution in [0.1, 0.15) is 11.1 Å². The molecule has 1 aromatic heterocycles. The number of nitrogens with one attached hydrogen (secondary N) is 2. The van der Waals surface area contributed by atoms with E-state index < -0.39 is 0 Å². The Morgan fingerprint density at radius 3 is 2.55 bits per heavy atom. The Bertz CT molecular complexity index is 600. The fourth-order valence-electron chi connectivity index (χ4n) is 1.96. The minimum atomic E-state index is 0.515. The van der Waals surface area contributed by atoms with E-state index in [0.29, 0.717) is 21.7 Å². The van der Waals surface area contributed by atoms with Crippen molar-refractivity contribution in [2.45, 2.75) is 13.3 Å². The molecule has 0 saturated heterocycles. The summed E-state index contributed by atoms with van der Waals surface area (Å²) in [5, 5.41) is 7.22. The molecule has 0 saturated carbocycles. The Morgan fingerprint density at radius 2 is 1.85 bits per heavy atom. The molecule has 0 radical (unpaired) electrons. The summed E-state index contributed by atoms with van der Waals surface area (Å²) in [4.78, 5) is 4.35. The molecule has 0 unspecified atom stereocenters. The van der Waals surface area contributed by atoms with Gasteiger partial charge in [-0.1, -0.05) is 53.0 Å². The molecule has 2 N–H and O–H groups in total. The van der Waals surface area contributed by atoms with Crippen LogP contribution in [0.4, 0.5) is 11.6 Å². The van der Waals surface area contributed by atoms with Crippen LogP contribution in [0.3, 0.4) is 0 Å². The third-order valence-corrected chi connectivity index (χ3v) is 3.53. The van der Waals surface area contributed by atoms with Crippen LogP contribution in [0.25, 0.3) is 0 Å². The van der Waals surface area contributed by atoms with Gasteiger partial charge in [0.25, 0.3) is 0 Å². The van der Waals surface area contributed by atoms with Crippen molar-refractivity contribution >= 4 is 34.8 Å². The molecule has 3 nitrogen and oxygen atoms in total. The zero-order chi connectivity index (χ0) is 14.5. The number of benzene rings is 1. The van der Waals surface area contributed by atoms with E-state index in [-0.39, 0.29) is 0 Å². The molecule has 106 valence electrons. The van der Waals surface area contributed by atoms with Crippen LogP contribution in [0, 0.1) is 6.92 Å². The minimum absolute atomic E-state index is 0.515. The lowest BCUT2D eigenvalue weighted by molar-refractivity contribution is 1.00. The van der Waals surface area contributed by atoms with Crippen LogP contribution >= 0.6 is 23.2 Å². The fourth-order valence-corrected chi connectivity index (χ4v) is 2.48. The summed E-state index contributed by atoms with van der Waals surface area (Å²) in [7, 11) is 1.78. The van der Waals surface area contributed by atoms with Gasteiger partial charge in [0.05, 0.1) is 10.0 Å². The van der Waals surface area contributed by atoms with Crippen molar-refractivity contribution in [1.82, 2.24) is 4.98 Å². The van der Waals surface area contributed by atoms with Crippen molar-refractivity contribution in [3.05, 3.63) is 51.5 Å². The van der Waals surface area contributed by atoms with Gasteiger partial charge in [0.15, 0.2) is 0 Å². The first kappa shape index (κ1) is 14.9. The van der Waals surface area contributed by atoms with E-state index in [4.69, 9.17) is 23.2 Å². The highest BCUT2D eigenvalue weighted by molar-refractivity contribution is 6.37. The first-order valence-electron chi connectivity index (χ1n) is 6.43. The van der Waals surface area contributed by atoms with Crippen molar-refractivity contribution < 1.29 is 0 Å². The first-order valence-corrected chi connectivity index (χ1v) is 7.19. The van der Waals surface area contributed by atoms with Gasteiger partial charge in [0.1, 0.15) is 11.6 Å². The average Bonchev–Trinajstić information content (AvgIpc) is 2.41. The predicted octanol–water partition coefficient (Wildman–Crippen LogP) is 4.39. The molecule has 20 heavy (non-hydrogen) atoms. The van der Waals surface area contributed by atoms with Crippen LogP contribution in [0.2, 0.25) is 10.0 Å². The van der Waals surface area contributed by atoms with Gasteiger partial charge in [0.2, 0.25) is 0 Å². The summed E-state index contributed by atoms with van der Waals surface area (Å²) in [6, 6.07) is 10.1. The SMILES string of the molecule is CNc1nc(NCCc2cccc(C)c2)c(Cl)cc1Cl. The van der Waals surface area contributed by atoms with Gasteiger partial charge in [0, 0.05) is 13.6 Å². The summed E-state index contributed by atoms with van der Waals surface area (Å²) in [6.45, 7) is 2.86. The molecule has 0 bridgehead atoms. The highest BCUT2D eigenvalue weighted by atomic mass is 35.5. The Kier molecular flexibility index (Phi) is 5.10. The fraction of sp³-hybridized carbons (Fsp3) is 0.267. The summed E-state index contributed by atoms with van der Waals surface area (Å²) in [6.07, 6.45) is 0.914. The number of rotatable bonds is 5. The maximum Gasteiger partial charge on any atom is 0.147 e. The topological polar surface area (TPSA) is 37.0 Å². The first-order chi connectivity index (χ1) is 9.60. The second-order valence-corrected chi connectivity index (χ2v) is 5.38. The second-order valence-electron chi connectivity index (χ2n) is 4.57. The number of halogens is 2. The van der Waals surface area contributed by atoms with E-state index in [2.05, 4.69) is 46.8 Å². The van der Waals surface area contributed by atoms with Crippen LogP contribution in [-0.2, 0) is 6.42 Å². The summed E-state index contributed by atoms with van der Waals surface area (Å²) in [5.74, 6) is 1.27. The Morgan fingerprint density at radius 1 is 1.10 bits per heavy atom. The molecule has 5 heteroatoms. The molecular formula is C15H17Cl2N3. The molecule has 2 rings (SSSR count). The van der Waals surface area contributed by atoms with Gasteiger partial charge < -0.3 is 10.6 Å². The summed E-state index contributed by atoms with van der Waals surface area (Å²) < 4.78 is 0. The second kappa shape index (κ2) is 6.82. The van der Waals surface area contributed by atoms with Crippen LogP contribution < -0.4 is 10.6 Å². The molecule has 0 aliphatic rings. The van der Waals surface area contributed by atoms with E-state index in [1.807, 2.05) is 0 Å². The number of anilines is 2. The number of hydrogen-bond donors (Lipinski definition) is 2. The lowest BCUT2D eigenvalue weighted by Crippen LogP contribution is -2.08. The molecule has 0 aliphatic carbocycles. The highest BCUT2D eigenvalue weighted by Gasteiger charge is 2.07. The zero-order valence-corrected chi connectivity index (χ0v) is 13.0. The van der Waals surface area contributed by atoms with Crippen molar-refractivity contribution in [3.8, 4) is 0 Å². The number of pyridine rings is 1. The molecule has 0 fully saturated rings. The van der Waals surface area contributed by atoms with Crippen molar-refractivity contribution in [3.63, 3.8) is 0 Å². The summed E-state index contributed by atoms with van der Waals surface area (Å²) >= 11 is 12.1. The smallest absolute Gasteiger partial charge is 0.147 e. The van der Waals surface area contributed by atoms with Crippen molar-refractivity contribution in [1.29, 1.82) is 0 Å². The Hall–Kier alpha value is -1.45. The van der Waals surface area contributed by atoms with E-state index >= 15 is 0 Å². The third kappa shape index (κ3) is 3.78. The highest BCUT2D eigenvalue weighted by Crippen LogP contribution is 2.28. The maximum atomic E-state index is 6.13. The molecule has 0 spiro atoms. The van der Waals surface area contributed by atoms with E-state index in [9.17, 15) is 0 Å². The van der Waals surface area contributed by atoms with Gasteiger partial charge in [-0.2, -0.15) is 0 Å². The van der Waals surface area contributed by atoms with Crippen molar-refractivity contribution in [2.75, 3.05) is 24.2 Å².